The first-order valence-electron chi connectivity index (χ1n) is 7.17. The molecule has 0 saturated heterocycles. The number of hydrogen-bond acceptors (Lipinski definition) is 2. The minimum atomic E-state index is 0.701. The zero-order valence-corrected chi connectivity index (χ0v) is 11.2. The third kappa shape index (κ3) is 2.32. The Kier molecular flexibility index (Phi) is 3.67. The van der Waals surface area contributed by atoms with Crippen molar-refractivity contribution in [3.05, 3.63) is 35.4 Å². The van der Waals surface area contributed by atoms with Crippen LogP contribution in [0, 0.1) is 11.8 Å². The maximum absolute atomic E-state index is 5.15. The molecule has 1 aromatic rings. The highest BCUT2D eigenvalue weighted by atomic mass is 16.5. The molecule has 2 aliphatic rings. The minimum Gasteiger partial charge on any atom is -0.383 e. The number of ether oxygens (including phenoxy) is 1. The van der Waals surface area contributed by atoms with Crippen molar-refractivity contribution < 1.29 is 4.74 Å². The Labute approximate surface area is 110 Å². The zero-order valence-electron chi connectivity index (χ0n) is 11.2. The van der Waals surface area contributed by atoms with Crippen molar-refractivity contribution in [1.82, 2.24) is 5.32 Å². The van der Waals surface area contributed by atoms with E-state index in [4.69, 9.17) is 4.74 Å². The average molecular weight is 245 g/mol. The molecule has 2 bridgehead atoms. The Bertz CT molecular complexity index is 371. The summed E-state index contributed by atoms with van der Waals surface area (Å²) in [6, 6.07) is 9.72. The van der Waals surface area contributed by atoms with Crippen LogP contribution in [0.5, 0.6) is 0 Å². The van der Waals surface area contributed by atoms with Crippen LogP contribution in [0.2, 0.25) is 0 Å². The van der Waals surface area contributed by atoms with Gasteiger partial charge in [0.05, 0.1) is 6.61 Å². The molecule has 0 aromatic heterocycles. The summed E-state index contributed by atoms with van der Waals surface area (Å²) in [7, 11) is 1.78. The summed E-state index contributed by atoms with van der Waals surface area (Å²) < 4.78 is 5.15. The van der Waals surface area contributed by atoms with E-state index < -0.39 is 0 Å². The molecule has 0 radical (unpaired) electrons. The monoisotopic (exact) mass is 245 g/mol. The highest BCUT2D eigenvalue weighted by Gasteiger charge is 2.38. The molecule has 1 N–H and O–H groups in total. The Balaban J connectivity index is 1.74. The highest BCUT2D eigenvalue weighted by molar-refractivity contribution is 5.30. The molecule has 0 heterocycles. The van der Waals surface area contributed by atoms with Gasteiger partial charge in [-0.05, 0) is 48.6 Å². The SMILES string of the molecule is COCCNC1C2CCC1Cc1ccccc1C2. The van der Waals surface area contributed by atoms with Crippen molar-refractivity contribution in [2.24, 2.45) is 11.8 Å². The van der Waals surface area contributed by atoms with E-state index in [1.807, 2.05) is 0 Å². The first-order valence-corrected chi connectivity index (χ1v) is 7.17. The van der Waals surface area contributed by atoms with Crippen molar-refractivity contribution >= 4 is 0 Å². The van der Waals surface area contributed by atoms with Crippen molar-refractivity contribution in [2.75, 3.05) is 20.3 Å². The number of benzene rings is 1. The first-order chi connectivity index (χ1) is 8.88. The molecule has 98 valence electrons. The van der Waals surface area contributed by atoms with Gasteiger partial charge in [-0.25, -0.2) is 0 Å². The van der Waals surface area contributed by atoms with Crippen molar-refractivity contribution in [1.29, 1.82) is 0 Å². The van der Waals surface area contributed by atoms with Crippen molar-refractivity contribution in [3.8, 4) is 0 Å². The second kappa shape index (κ2) is 5.41. The molecule has 2 atom stereocenters. The number of fused-ring (bicyclic) bond motifs is 3. The fraction of sp³-hybridized carbons (Fsp3) is 0.625. The topological polar surface area (TPSA) is 21.3 Å². The predicted molar refractivity (Wildman–Crippen MR) is 73.7 cm³/mol. The highest BCUT2D eigenvalue weighted by Crippen LogP contribution is 2.39. The Hall–Kier alpha value is -0.860. The largest absolute Gasteiger partial charge is 0.383 e. The van der Waals surface area contributed by atoms with Crippen LogP contribution < -0.4 is 5.32 Å². The summed E-state index contributed by atoms with van der Waals surface area (Å²) in [5.74, 6) is 1.66. The molecule has 0 spiro atoms. The summed E-state index contributed by atoms with van der Waals surface area (Å²) in [6.07, 6.45) is 5.31. The summed E-state index contributed by atoms with van der Waals surface area (Å²) in [6.45, 7) is 1.81. The fourth-order valence-electron chi connectivity index (χ4n) is 3.81. The van der Waals surface area contributed by atoms with E-state index in [9.17, 15) is 0 Å². The molecule has 2 aliphatic carbocycles. The van der Waals surface area contributed by atoms with E-state index in [2.05, 4.69) is 29.6 Å². The summed E-state index contributed by atoms with van der Waals surface area (Å²) in [5.41, 5.74) is 3.17. The van der Waals surface area contributed by atoms with E-state index in [0.717, 1.165) is 25.0 Å². The van der Waals surface area contributed by atoms with Gasteiger partial charge in [-0.1, -0.05) is 24.3 Å². The molecule has 1 aromatic carbocycles. The minimum absolute atomic E-state index is 0.701. The maximum Gasteiger partial charge on any atom is 0.0587 e. The fourth-order valence-corrected chi connectivity index (χ4v) is 3.81. The normalized spacial score (nSPS) is 29.9. The third-order valence-corrected chi connectivity index (χ3v) is 4.69. The van der Waals surface area contributed by atoms with Gasteiger partial charge in [0.1, 0.15) is 0 Å². The van der Waals surface area contributed by atoms with E-state index in [-0.39, 0.29) is 0 Å². The van der Waals surface area contributed by atoms with Gasteiger partial charge in [0.15, 0.2) is 0 Å². The lowest BCUT2D eigenvalue weighted by Crippen LogP contribution is -2.39. The van der Waals surface area contributed by atoms with Crippen LogP contribution >= 0.6 is 0 Å². The maximum atomic E-state index is 5.15. The van der Waals surface area contributed by atoms with Crippen LogP contribution in [-0.2, 0) is 17.6 Å². The van der Waals surface area contributed by atoms with Crippen molar-refractivity contribution in [3.63, 3.8) is 0 Å². The zero-order chi connectivity index (χ0) is 12.4. The van der Waals surface area contributed by atoms with Gasteiger partial charge in [0, 0.05) is 19.7 Å². The van der Waals surface area contributed by atoms with Gasteiger partial charge >= 0.3 is 0 Å². The van der Waals surface area contributed by atoms with Crippen LogP contribution in [0.25, 0.3) is 0 Å². The van der Waals surface area contributed by atoms with Crippen LogP contribution in [0.4, 0.5) is 0 Å². The van der Waals surface area contributed by atoms with Gasteiger partial charge in [-0.3, -0.25) is 0 Å². The van der Waals surface area contributed by atoms with Gasteiger partial charge < -0.3 is 10.1 Å². The molecule has 1 saturated carbocycles. The van der Waals surface area contributed by atoms with Crippen LogP contribution in [0.1, 0.15) is 24.0 Å². The van der Waals surface area contributed by atoms with E-state index in [0.29, 0.717) is 6.04 Å². The molecule has 2 unspecified atom stereocenters. The molecule has 1 fully saturated rings. The van der Waals surface area contributed by atoms with E-state index >= 15 is 0 Å². The molecule has 2 nitrogen and oxygen atoms in total. The molecule has 2 heteroatoms. The lowest BCUT2D eigenvalue weighted by atomic mass is 9.94. The van der Waals surface area contributed by atoms with Crippen LogP contribution in [0.15, 0.2) is 24.3 Å². The number of methoxy groups -OCH3 is 1. The lowest BCUT2D eigenvalue weighted by Gasteiger charge is -2.23. The molecule has 0 aliphatic heterocycles. The molecular formula is C16H23NO. The molecule has 0 amide bonds. The summed E-state index contributed by atoms with van der Waals surface area (Å²) in [5, 5.41) is 3.73. The lowest BCUT2D eigenvalue weighted by molar-refractivity contribution is 0.188. The molecule has 18 heavy (non-hydrogen) atoms. The van der Waals surface area contributed by atoms with Crippen LogP contribution in [0.3, 0.4) is 0 Å². The summed E-state index contributed by atoms with van der Waals surface area (Å²) in [4.78, 5) is 0. The molecule has 3 rings (SSSR count). The number of rotatable bonds is 4. The second-order valence-electron chi connectivity index (χ2n) is 5.75. The number of nitrogens with one attached hydrogen (secondary N) is 1. The van der Waals surface area contributed by atoms with Crippen molar-refractivity contribution in [2.45, 2.75) is 31.7 Å². The van der Waals surface area contributed by atoms with Gasteiger partial charge in [-0.15, -0.1) is 0 Å². The predicted octanol–water partition coefficient (Wildman–Crippen LogP) is 2.42. The molecular weight excluding hydrogens is 222 g/mol. The Morgan fingerprint density at radius 2 is 1.72 bits per heavy atom. The van der Waals surface area contributed by atoms with E-state index in [1.54, 1.807) is 18.2 Å². The number of hydrogen-bond donors (Lipinski definition) is 1. The Morgan fingerprint density at radius 3 is 2.28 bits per heavy atom. The quantitative estimate of drug-likeness (QED) is 0.823. The van der Waals surface area contributed by atoms with Gasteiger partial charge in [0.25, 0.3) is 0 Å². The third-order valence-electron chi connectivity index (χ3n) is 4.69. The van der Waals surface area contributed by atoms with Gasteiger partial charge in [0.2, 0.25) is 0 Å². The average Bonchev–Trinajstić information content (AvgIpc) is 2.66. The summed E-state index contributed by atoms with van der Waals surface area (Å²) >= 11 is 0. The second-order valence-corrected chi connectivity index (χ2v) is 5.75. The van der Waals surface area contributed by atoms with E-state index in [1.165, 1.54) is 25.7 Å². The van der Waals surface area contributed by atoms with Gasteiger partial charge in [-0.2, -0.15) is 0 Å². The standard InChI is InChI=1S/C16H23NO/c1-18-9-8-17-16-14-6-7-15(16)11-13-5-3-2-4-12(13)10-14/h2-5,14-17H,6-11H2,1H3. The smallest absolute Gasteiger partial charge is 0.0587 e. The first kappa shape index (κ1) is 12.2. The Morgan fingerprint density at radius 1 is 1.11 bits per heavy atom. The van der Waals surface area contributed by atoms with Crippen LogP contribution in [-0.4, -0.2) is 26.3 Å².